The molecule has 7 heteroatoms. The molecule has 0 spiro atoms. The lowest BCUT2D eigenvalue weighted by Gasteiger charge is -2.07. The second-order valence-electron chi connectivity index (χ2n) is 3.15. The summed E-state index contributed by atoms with van der Waals surface area (Å²) in [7, 11) is 0. The number of H-pyrrole nitrogens is 1. The first-order valence-corrected chi connectivity index (χ1v) is 6.40. The minimum atomic E-state index is -0.380. The van der Waals surface area contributed by atoms with Crippen molar-refractivity contribution in [1.82, 2.24) is 9.97 Å². The normalized spacial score (nSPS) is 10.3. The van der Waals surface area contributed by atoms with E-state index in [1.807, 2.05) is 22.6 Å². The van der Waals surface area contributed by atoms with Gasteiger partial charge >= 0.3 is 0 Å². The van der Waals surface area contributed by atoms with Crippen molar-refractivity contribution in [2.75, 3.05) is 5.32 Å². The summed E-state index contributed by atoms with van der Waals surface area (Å²) in [5.74, 6) is 0.0194. The molecule has 88 valence electrons. The first-order chi connectivity index (χ1) is 8.08. The SMILES string of the molecule is O=c1[nH]cnc(Nc2ccc(Br)c(F)c2)c1I. The van der Waals surface area contributed by atoms with Crippen LogP contribution in [0.1, 0.15) is 0 Å². The maximum absolute atomic E-state index is 13.3. The predicted octanol–water partition coefficient (Wildman–Crippen LogP) is 3.02. The quantitative estimate of drug-likeness (QED) is 0.749. The number of rotatable bonds is 2. The highest BCUT2D eigenvalue weighted by Gasteiger charge is 2.06. The molecule has 2 rings (SSSR count). The van der Waals surface area contributed by atoms with Crippen molar-refractivity contribution >= 4 is 50.0 Å². The van der Waals surface area contributed by atoms with Crippen molar-refractivity contribution in [3.63, 3.8) is 0 Å². The second-order valence-corrected chi connectivity index (χ2v) is 5.08. The second kappa shape index (κ2) is 5.13. The Morgan fingerprint density at radius 2 is 2.24 bits per heavy atom. The van der Waals surface area contributed by atoms with Crippen LogP contribution >= 0.6 is 38.5 Å². The summed E-state index contributed by atoms with van der Waals surface area (Å²) in [6.07, 6.45) is 1.29. The van der Waals surface area contributed by atoms with Crippen LogP contribution in [0, 0.1) is 9.39 Å². The number of halogens is 3. The Morgan fingerprint density at radius 1 is 1.47 bits per heavy atom. The molecular weight excluding hydrogens is 404 g/mol. The molecule has 0 bridgehead atoms. The zero-order chi connectivity index (χ0) is 12.4. The molecule has 0 atom stereocenters. The fraction of sp³-hybridized carbons (Fsp3) is 0. The van der Waals surface area contributed by atoms with Crippen molar-refractivity contribution in [1.29, 1.82) is 0 Å². The highest BCUT2D eigenvalue weighted by atomic mass is 127. The van der Waals surface area contributed by atoms with E-state index in [-0.39, 0.29) is 11.4 Å². The summed E-state index contributed by atoms with van der Waals surface area (Å²) in [5, 5.41) is 2.88. The Morgan fingerprint density at radius 3 is 2.94 bits per heavy atom. The third-order valence-corrected chi connectivity index (χ3v) is 3.62. The molecular formula is C10H6BrFIN3O. The molecule has 0 aliphatic heterocycles. The van der Waals surface area contributed by atoms with Crippen LogP contribution in [0.15, 0.2) is 33.8 Å². The molecule has 4 nitrogen and oxygen atoms in total. The first kappa shape index (κ1) is 12.5. The summed E-state index contributed by atoms with van der Waals surface area (Å²) in [6.45, 7) is 0. The van der Waals surface area contributed by atoms with Crippen LogP contribution in [0.5, 0.6) is 0 Å². The lowest BCUT2D eigenvalue weighted by atomic mass is 10.3. The average Bonchev–Trinajstić information content (AvgIpc) is 2.30. The third-order valence-electron chi connectivity index (χ3n) is 1.98. The molecule has 1 heterocycles. The Hall–Kier alpha value is -0.960. The van der Waals surface area contributed by atoms with Gasteiger partial charge in [-0.15, -0.1) is 0 Å². The lowest BCUT2D eigenvalue weighted by Crippen LogP contribution is -2.12. The predicted molar refractivity (Wildman–Crippen MR) is 75.0 cm³/mol. The maximum Gasteiger partial charge on any atom is 0.266 e. The molecule has 1 aromatic carbocycles. The van der Waals surface area contributed by atoms with Gasteiger partial charge in [0.15, 0.2) is 5.82 Å². The third kappa shape index (κ3) is 2.83. The number of benzene rings is 1. The fourth-order valence-electron chi connectivity index (χ4n) is 1.18. The maximum atomic E-state index is 13.3. The minimum Gasteiger partial charge on any atom is -0.339 e. The van der Waals surface area contributed by atoms with E-state index in [4.69, 9.17) is 0 Å². The number of aromatic nitrogens is 2. The summed E-state index contributed by atoms with van der Waals surface area (Å²) >= 11 is 4.94. The van der Waals surface area contributed by atoms with E-state index in [1.54, 1.807) is 12.1 Å². The molecule has 0 aliphatic carbocycles. The van der Waals surface area contributed by atoms with Gasteiger partial charge in [0, 0.05) is 5.69 Å². The number of aromatic amines is 1. The molecule has 0 unspecified atom stereocenters. The van der Waals surface area contributed by atoms with Gasteiger partial charge in [0.25, 0.3) is 5.56 Å². The highest BCUT2D eigenvalue weighted by Crippen LogP contribution is 2.22. The lowest BCUT2D eigenvalue weighted by molar-refractivity contribution is 0.622. The van der Waals surface area contributed by atoms with Gasteiger partial charge in [-0.05, 0) is 56.7 Å². The molecule has 0 saturated heterocycles. The van der Waals surface area contributed by atoms with Crippen molar-refractivity contribution in [3.8, 4) is 0 Å². The summed E-state index contributed by atoms with van der Waals surface area (Å²) in [5.41, 5.74) is 0.294. The monoisotopic (exact) mass is 409 g/mol. The molecule has 2 N–H and O–H groups in total. The Labute approximate surface area is 118 Å². The molecule has 0 fully saturated rings. The van der Waals surface area contributed by atoms with Crippen molar-refractivity contribution in [2.24, 2.45) is 0 Å². The van der Waals surface area contributed by atoms with Crippen LogP contribution in [-0.2, 0) is 0 Å². The van der Waals surface area contributed by atoms with Gasteiger partial charge in [0.05, 0.1) is 10.8 Å². The molecule has 0 amide bonds. The Balaban J connectivity index is 2.35. The summed E-state index contributed by atoms with van der Waals surface area (Å²) in [6, 6.07) is 4.59. The minimum absolute atomic E-state index is 0.235. The van der Waals surface area contributed by atoms with Gasteiger partial charge in [-0.25, -0.2) is 9.37 Å². The van der Waals surface area contributed by atoms with Crippen LogP contribution in [0.2, 0.25) is 0 Å². The van der Waals surface area contributed by atoms with Gasteiger partial charge < -0.3 is 10.3 Å². The van der Waals surface area contributed by atoms with Gasteiger partial charge in [-0.3, -0.25) is 4.79 Å². The molecule has 17 heavy (non-hydrogen) atoms. The van der Waals surface area contributed by atoms with E-state index in [0.29, 0.717) is 19.5 Å². The van der Waals surface area contributed by atoms with Gasteiger partial charge in [-0.1, -0.05) is 0 Å². The van der Waals surface area contributed by atoms with E-state index in [0.717, 1.165) is 0 Å². The van der Waals surface area contributed by atoms with Crippen LogP contribution < -0.4 is 10.9 Å². The van der Waals surface area contributed by atoms with Crippen molar-refractivity contribution in [3.05, 3.63) is 48.7 Å². The number of nitrogens with zero attached hydrogens (tertiary/aromatic N) is 1. The molecule has 1 aromatic heterocycles. The largest absolute Gasteiger partial charge is 0.339 e. The topological polar surface area (TPSA) is 57.8 Å². The van der Waals surface area contributed by atoms with Gasteiger partial charge in [-0.2, -0.15) is 0 Å². The Bertz CT molecular complexity index is 617. The first-order valence-electron chi connectivity index (χ1n) is 4.53. The van der Waals surface area contributed by atoms with E-state index in [1.165, 1.54) is 12.4 Å². The van der Waals surface area contributed by atoms with E-state index in [9.17, 15) is 9.18 Å². The molecule has 0 radical (unpaired) electrons. The van der Waals surface area contributed by atoms with Crippen molar-refractivity contribution in [2.45, 2.75) is 0 Å². The standard InChI is InChI=1S/C10H6BrFIN3O/c11-6-2-1-5(3-7(6)12)16-9-8(13)10(17)15-4-14-9/h1-4H,(H2,14,15,16,17). The smallest absolute Gasteiger partial charge is 0.266 e. The number of anilines is 2. The summed E-state index contributed by atoms with van der Waals surface area (Å²) in [4.78, 5) is 17.8. The number of nitrogens with one attached hydrogen (secondary N) is 2. The number of hydrogen-bond acceptors (Lipinski definition) is 3. The molecule has 2 aromatic rings. The van der Waals surface area contributed by atoms with E-state index < -0.39 is 0 Å². The zero-order valence-electron chi connectivity index (χ0n) is 8.30. The molecule has 0 saturated carbocycles. The average molecular weight is 410 g/mol. The van der Waals surface area contributed by atoms with Crippen LogP contribution in [-0.4, -0.2) is 9.97 Å². The Kier molecular flexibility index (Phi) is 3.77. The van der Waals surface area contributed by atoms with Crippen LogP contribution in [0.3, 0.4) is 0 Å². The summed E-state index contributed by atoms with van der Waals surface area (Å²) < 4.78 is 14.1. The van der Waals surface area contributed by atoms with Gasteiger partial charge in [0.1, 0.15) is 9.39 Å². The van der Waals surface area contributed by atoms with E-state index >= 15 is 0 Å². The van der Waals surface area contributed by atoms with Crippen molar-refractivity contribution < 1.29 is 4.39 Å². The van der Waals surface area contributed by atoms with Gasteiger partial charge in [0.2, 0.25) is 0 Å². The fourth-order valence-corrected chi connectivity index (χ4v) is 1.86. The van der Waals surface area contributed by atoms with Crippen LogP contribution in [0.25, 0.3) is 0 Å². The highest BCUT2D eigenvalue weighted by molar-refractivity contribution is 14.1. The van der Waals surface area contributed by atoms with Crippen LogP contribution in [0.4, 0.5) is 15.9 Å². The number of hydrogen-bond donors (Lipinski definition) is 2. The zero-order valence-corrected chi connectivity index (χ0v) is 12.0. The molecule has 0 aliphatic rings. The van der Waals surface area contributed by atoms with E-state index in [2.05, 4.69) is 31.2 Å².